The topological polar surface area (TPSA) is 44.3 Å². The third kappa shape index (κ3) is 1.09. The summed E-state index contributed by atoms with van der Waals surface area (Å²) in [5.74, 6) is -0.197. The molecule has 0 aliphatic heterocycles. The first kappa shape index (κ1) is 8.81. The second kappa shape index (κ2) is 2.87. The van der Waals surface area contributed by atoms with Crippen molar-refractivity contribution in [2.24, 2.45) is 7.05 Å². The SMILES string of the molecule is Cc1cccc2cc(O)c(O)[n+](C)c12. The van der Waals surface area contributed by atoms with Gasteiger partial charge in [0.25, 0.3) is 0 Å². The van der Waals surface area contributed by atoms with E-state index < -0.39 is 0 Å². The number of fused-ring (bicyclic) bond motifs is 1. The molecule has 2 N–H and O–H groups in total. The number of pyridine rings is 1. The van der Waals surface area contributed by atoms with Crippen LogP contribution in [0.25, 0.3) is 10.9 Å². The van der Waals surface area contributed by atoms with Gasteiger partial charge in [-0.3, -0.25) is 0 Å². The molecule has 72 valence electrons. The zero-order chi connectivity index (χ0) is 10.3. The Kier molecular flexibility index (Phi) is 1.81. The van der Waals surface area contributed by atoms with Gasteiger partial charge in [0.1, 0.15) is 7.05 Å². The summed E-state index contributed by atoms with van der Waals surface area (Å²) in [6, 6.07) is 7.37. The lowest BCUT2D eigenvalue weighted by molar-refractivity contribution is -0.652. The third-order valence-electron chi connectivity index (χ3n) is 2.44. The molecule has 3 heteroatoms. The summed E-state index contributed by atoms with van der Waals surface area (Å²) in [6.45, 7) is 1.97. The molecule has 0 atom stereocenters. The summed E-state index contributed by atoms with van der Waals surface area (Å²) in [7, 11) is 1.73. The molecule has 1 heterocycles. The van der Waals surface area contributed by atoms with Crippen LogP contribution in [0.5, 0.6) is 11.6 Å². The van der Waals surface area contributed by atoms with Gasteiger partial charge in [0, 0.05) is 11.6 Å². The summed E-state index contributed by atoms with van der Waals surface area (Å²) >= 11 is 0. The Labute approximate surface area is 81.9 Å². The van der Waals surface area contributed by atoms with Gasteiger partial charge in [-0.1, -0.05) is 12.1 Å². The lowest BCUT2D eigenvalue weighted by Crippen LogP contribution is -2.29. The summed E-state index contributed by atoms with van der Waals surface area (Å²) in [6.07, 6.45) is 0. The van der Waals surface area contributed by atoms with Crippen LogP contribution in [0.4, 0.5) is 0 Å². The largest absolute Gasteiger partial charge is 0.500 e. The summed E-state index contributed by atoms with van der Waals surface area (Å²) in [5.41, 5.74) is 2.00. The average molecular weight is 190 g/mol. The normalized spacial score (nSPS) is 10.7. The van der Waals surface area contributed by atoms with Crippen LogP contribution in [0.2, 0.25) is 0 Å². The minimum absolute atomic E-state index is 0.0920. The highest BCUT2D eigenvalue weighted by atomic mass is 16.3. The fraction of sp³-hybridized carbons (Fsp3) is 0.182. The number of rotatable bonds is 0. The Bertz CT molecular complexity index is 506. The van der Waals surface area contributed by atoms with Crippen LogP contribution in [0.15, 0.2) is 24.3 Å². The molecule has 14 heavy (non-hydrogen) atoms. The molecule has 0 aliphatic rings. The Morgan fingerprint density at radius 3 is 2.64 bits per heavy atom. The third-order valence-corrected chi connectivity index (χ3v) is 2.44. The van der Waals surface area contributed by atoms with E-state index in [9.17, 15) is 10.2 Å². The molecular weight excluding hydrogens is 178 g/mol. The smallest absolute Gasteiger partial charge is 0.409 e. The van der Waals surface area contributed by atoms with E-state index in [0.717, 1.165) is 16.5 Å². The number of hydrogen-bond acceptors (Lipinski definition) is 2. The molecule has 0 unspecified atom stereocenters. The maximum Gasteiger partial charge on any atom is 0.409 e. The van der Waals surface area contributed by atoms with E-state index in [0.29, 0.717) is 0 Å². The van der Waals surface area contributed by atoms with Gasteiger partial charge >= 0.3 is 5.88 Å². The molecule has 2 rings (SSSR count). The molecule has 0 radical (unpaired) electrons. The van der Waals surface area contributed by atoms with Crippen molar-refractivity contribution in [3.05, 3.63) is 29.8 Å². The van der Waals surface area contributed by atoms with Crippen molar-refractivity contribution in [1.82, 2.24) is 0 Å². The standard InChI is InChI=1S/C11H11NO2/c1-7-4-3-5-8-6-9(13)11(14)12(2)10(7)8/h3-6,13H,1-2H3/p+1. The Morgan fingerprint density at radius 1 is 1.21 bits per heavy atom. The van der Waals surface area contributed by atoms with Crippen LogP contribution < -0.4 is 4.57 Å². The van der Waals surface area contributed by atoms with Gasteiger partial charge < -0.3 is 10.2 Å². The molecule has 0 saturated carbocycles. The lowest BCUT2D eigenvalue weighted by atomic mass is 10.1. The van der Waals surface area contributed by atoms with Crippen molar-refractivity contribution in [1.29, 1.82) is 0 Å². The van der Waals surface area contributed by atoms with Crippen molar-refractivity contribution in [3.63, 3.8) is 0 Å². The maximum atomic E-state index is 9.54. The molecule has 3 nitrogen and oxygen atoms in total. The van der Waals surface area contributed by atoms with Gasteiger partial charge in [-0.25, -0.2) is 0 Å². The number of para-hydroxylation sites is 1. The second-order valence-electron chi connectivity index (χ2n) is 3.42. The summed E-state index contributed by atoms with van der Waals surface area (Å²) in [5, 5.41) is 19.9. The monoisotopic (exact) mass is 190 g/mol. The van der Waals surface area contributed by atoms with Crippen molar-refractivity contribution >= 4 is 10.9 Å². The van der Waals surface area contributed by atoms with Crippen LogP contribution in [0.1, 0.15) is 5.56 Å². The van der Waals surface area contributed by atoms with Crippen molar-refractivity contribution in [3.8, 4) is 11.6 Å². The second-order valence-corrected chi connectivity index (χ2v) is 3.42. The highest BCUT2D eigenvalue weighted by Crippen LogP contribution is 2.25. The van der Waals surface area contributed by atoms with E-state index >= 15 is 0 Å². The number of nitrogens with zero attached hydrogens (tertiary/aromatic N) is 1. The first-order chi connectivity index (χ1) is 6.61. The van der Waals surface area contributed by atoms with E-state index in [2.05, 4.69) is 0 Å². The lowest BCUT2D eigenvalue weighted by Gasteiger charge is -2.02. The van der Waals surface area contributed by atoms with Gasteiger partial charge in [-0.05, 0) is 13.0 Å². The fourth-order valence-corrected chi connectivity index (χ4v) is 1.75. The van der Waals surface area contributed by atoms with Gasteiger partial charge in [0.15, 0.2) is 0 Å². The highest BCUT2D eigenvalue weighted by Gasteiger charge is 2.17. The Balaban J connectivity index is 2.99. The minimum atomic E-state index is -0.105. The molecule has 0 amide bonds. The predicted molar refractivity (Wildman–Crippen MR) is 53.2 cm³/mol. The molecule has 0 spiro atoms. The molecule has 1 aromatic heterocycles. The number of hydrogen-bond donors (Lipinski definition) is 2. The average Bonchev–Trinajstić information content (AvgIpc) is 2.14. The van der Waals surface area contributed by atoms with Crippen LogP contribution in [-0.2, 0) is 7.05 Å². The van der Waals surface area contributed by atoms with Crippen molar-refractivity contribution in [2.75, 3.05) is 0 Å². The van der Waals surface area contributed by atoms with Crippen LogP contribution >= 0.6 is 0 Å². The fourth-order valence-electron chi connectivity index (χ4n) is 1.75. The number of aromatic hydroxyl groups is 2. The van der Waals surface area contributed by atoms with Crippen LogP contribution in [0.3, 0.4) is 0 Å². The first-order valence-electron chi connectivity index (χ1n) is 4.41. The maximum absolute atomic E-state index is 9.54. The quantitative estimate of drug-likeness (QED) is 0.616. The van der Waals surface area contributed by atoms with Crippen molar-refractivity contribution < 1.29 is 14.8 Å². The van der Waals surface area contributed by atoms with Crippen molar-refractivity contribution in [2.45, 2.75) is 6.92 Å². The summed E-state index contributed by atoms with van der Waals surface area (Å²) < 4.78 is 1.58. The highest BCUT2D eigenvalue weighted by molar-refractivity contribution is 5.80. The van der Waals surface area contributed by atoms with Crippen LogP contribution in [0, 0.1) is 6.92 Å². The van der Waals surface area contributed by atoms with E-state index in [4.69, 9.17) is 0 Å². The van der Waals surface area contributed by atoms with Crippen LogP contribution in [-0.4, -0.2) is 10.2 Å². The van der Waals surface area contributed by atoms with E-state index in [1.807, 2.05) is 25.1 Å². The molecule has 1 aromatic carbocycles. The van der Waals surface area contributed by atoms with Gasteiger partial charge in [-0.2, -0.15) is 4.57 Å². The van der Waals surface area contributed by atoms with E-state index in [1.165, 1.54) is 0 Å². The van der Waals surface area contributed by atoms with E-state index in [-0.39, 0.29) is 11.6 Å². The Hall–Kier alpha value is -1.77. The molecule has 0 fully saturated rings. The first-order valence-corrected chi connectivity index (χ1v) is 4.41. The number of aryl methyl sites for hydroxylation is 2. The minimum Gasteiger partial charge on any atom is -0.500 e. The molecule has 0 bridgehead atoms. The predicted octanol–water partition coefficient (Wildman–Crippen LogP) is 1.38. The molecule has 2 aromatic rings. The molecule has 0 saturated heterocycles. The van der Waals surface area contributed by atoms with Gasteiger partial charge in [0.05, 0.1) is 5.39 Å². The zero-order valence-electron chi connectivity index (χ0n) is 8.15. The molecular formula is C11H12NO2+. The van der Waals surface area contributed by atoms with Gasteiger partial charge in [-0.15, -0.1) is 0 Å². The summed E-state index contributed by atoms with van der Waals surface area (Å²) in [4.78, 5) is 0. The number of benzene rings is 1. The van der Waals surface area contributed by atoms with Gasteiger partial charge in [0.2, 0.25) is 11.3 Å². The zero-order valence-corrected chi connectivity index (χ0v) is 8.15. The molecule has 0 aliphatic carbocycles. The number of aromatic nitrogens is 1. The van der Waals surface area contributed by atoms with E-state index in [1.54, 1.807) is 17.7 Å². The Morgan fingerprint density at radius 2 is 1.93 bits per heavy atom.